The zero-order valence-electron chi connectivity index (χ0n) is 19.0. The molecule has 0 saturated heterocycles. The van der Waals surface area contributed by atoms with E-state index in [0.717, 1.165) is 5.69 Å². The van der Waals surface area contributed by atoms with Crippen molar-refractivity contribution in [2.75, 3.05) is 11.5 Å². The molecule has 0 atom stereocenters. The van der Waals surface area contributed by atoms with Gasteiger partial charge in [-0.3, -0.25) is 0 Å². The molecule has 2 nitrogen and oxygen atoms in total. The van der Waals surface area contributed by atoms with Crippen molar-refractivity contribution in [3.8, 4) is 11.8 Å². The second-order valence-corrected chi connectivity index (χ2v) is 15.1. The van der Waals surface area contributed by atoms with Crippen molar-refractivity contribution in [3.05, 3.63) is 59.2 Å². The van der Waals surface area contributed by atoms with Crippen molar-refractivity contribution in [3.63, 3.8) is 0 Å². The summed E-state index contributed by atoms with van der Waals surface area (Å²) < 4.78 is 8.12. The van der Waals surface area contributed by atoms with E-state index in [1.54, 1.807) is 0 Å². The van der Waals surface area contributed by atoms with Crippen molar-refractivity contribution in [1.82, 2.24) is 4.57 Å². The predicted octanol–water partition coefficient (Wildman–Crippen LogP) is 10.1. The van der Waals surface area contributed by atoms with Crippen LogP contribution in [-0.4, -0.2) is 16.1 Å². The molecule has 1 aromatic heterocycles. The van der Waals surface area contributed by atoms with Crippen LogP contribution < -0.4 is 0 Å². The van der Waals surface area contributed by atoms with Crippen molar-refractivity contribution >= 4 is 70.6 Å². The fourth-order valence-electron chi connectivity index (χ4n) is 3.30. The second-order valence-electron chi connectivity index (χ2n) is 7.72. The third kappa shape index (κ3) is 6.83. The van der Waals surface area contributed by atoms with Crippen LogP contribution in [0.2, 0.25) is 0 Å². The summed E-state index contributed by atoms with van der Waals surface area (Å²) in [6.45, 7) is 4.55. The van der Waals surface area contributed by atoms with E-state index in [1.807, 2.05) is 71.3 Å². The van der Waals surface area contributed by atoms with E-state index in [4.69, 9.17) is 5.26 Å². The lowest BCUT2D eigenvalue weighted by Crippen LogP contribution is -1.89. The Labute approximate surface area is 223 Å². The Hall–Kier alpha value is -0.430. The summed E-state index contributed by atoms with van der Waals surface area (Å²) in [5.74, 6) is 2.46. The normalized spacial score (nSPS) is 15.4. The zero-order valence-corrected chi connectivity index (χ0v) is 23.9. The molecule has 0 radical (unpaired) electrons. The maximum absolute atomic E-state index is 9.03. The first kappa shape index (κ1) is 25.7. The van der Waals surface area contributed by atoms with Gasteiger partial charge in [0.05, 0.1) is 28.6 Å². The first-order valence-electron chi connectivity index (χ1n) is 11.4. The van der Waals surface area contributed by atoms with E-state index >= 15 is 0 Å². The van der Waals surface area contributed by atoms with Crippen molar-refractivity contribution in [2.24, 2.45) is 0 Å². The molecule has 2 aromatic rings. The smallest absolute Gasteiger partial charge is 0.0991 e. The predicted molar refractivity (Wildman–Crippen MR) is 155 cm³/mol. The summed E-state index contributed by atoms with van der Waals surface area (Å²) in [4.78, 5) is 2.66. The fourth-order valence-corrected chi connectivity index (χ4v) is 12.1. The lowest BCUT2D eigenvalue weighted by atomic mass is 10.2. The molecule has 0 bridgehead atoms. The molecule has 0 fully saturated rings. The van der Waals surface area contributed by atoms with Gasteiger partial charge in [0.1, 0.15) is 0 Å². The largest absolute Gasteiger partial charge is 0.322 e. The Kier molecular flexibility index (Phi) is 10.1. The number of hydrogen-bond donors (Lipinski definition) is 0. The molecule has 174 valence electrons. The Morgan fingerprint density at radius 1 is 0.758 bits per heavy atom. The average Bonchev–Trinajstić information content (AvgIpc) is 3.53. The highest BCUT2D eigenvalue weighted by Gasteiger charge is 2.30. The standard InChI is InChI=1S/C25H28N2S6/c1-3-5-7-13-28-22-23(29-14-8-6-4-2)33-25(32-22)24-30-20-16-27(17-21(20)31-24)19-11-9-18(15-26)10-12-19/h9-12,16-17H,3-8,13-14H2,1-2H3. The summed E-state index contributed by atoms with van der Waals surface area (Å²) in [6.07, 6.45) is 12.3. The van der Waals surface area contributed by atoms with Gasteiger partial charge in [-0.25, -0.2) is 0 Å². The second kappa shape index (κ2) is 13.0. The van der Waals surface area contributed by atoms with Crippen LogP contribution in [0.1, 0.15) is 57.9 Å². The minimum atomic E-state index is 0.698. The van der Waals surface area contributed by atoms with E-state index in [9.17, 15) is 0 Å². The molecule has 0 saturated carbocycles. The highest BCUT2D eigenvalue weighted by molar-refractivity contribution is 8.42. The van der Waals surface area contributed by atoms with Crippen LogP contribution in [0.5, 0.6) is 0 Å². The molecular formula is C25H28N2S6. The number of rotatable bonds is 11. The van der Waals surface area contributed by atoms with E-state index in [1.165, 1.54) is 76.8 Å². The van der Waals surface area contributed by atoms with Crippen molar-refractivity contribution in [2.45, 2.75) is 62.2 Å². The number of benzene rings is 1. The van der Waals surface area contributed by atoms with E-state index in [2.05, 4.69) is 60.4 Å². The number of unbranched alkanes of at least 4 members (excludes halogenated alkanes) is 4. The van der Waals surface area contributed by atoms with Crippen LogP contribution in [-0.2, 0) is 0 Å². The molecule has 33 heavy (non-hydrogen) atoms. The Balaban J connectivity index is 1.42. The van der Waals surface area contributed by atoms with Gasteiger partial charge in [-0.05, 0) is 48.6 Å². The molecule has 4 rings (SSSR count). The van der Waals surface area contributed by atoms with Crippen LogP contribution >= 0.6 is 70.6 Å². The Morgan fingerprint density at radius 3 is 1.76 bits per heavy atom. The maximum Gasteiger partial charge on any atom is 0.0991 e. The van der Waals surface area contributed by atoms with Gasteiger partial charge in [-0.2, -0.15) is 5.26 Å². The van der Waals surface area contributed by atoms with Gasteiger partial charge in [0, 0.05) is 27.9 Å². The zero-order chi connectivity index (χ0) is 23.0. The summed E-state index contributed by atoms with van der Waals surface area (Å²) in [5.41, 5.74) is 1.80. The van der Waals surface area contributed by atoms with Gasteiger partial charge in [0.25, 0.3) is 0 Å². The van der Waals surface area contributed by atoms with Crippen LogP contribution in [0.4, 0.5) is 0 Å². The third-order valence-electron chi connectivity index (χ3n) is 5.12. The van der Waals surface area contributed by atoms with Crippen molar-refractivity contribution in [1.29, 1.82) is 5.26 Å². The summed E-state index contributed by atoms with van der Waals surface area (Å²) in [5, 5.41) is 9.03. The molecule has 0 N–H and O–H groups in total. The maximum atomic E-state index is 9.03. The Bertz CT molecular complexity index is 1010. The number of fused-ring (bicyclic) bond motifs is 1. The van der Waals surface area contributed by atoms with Crippen LogP contribution in [0.3, 0.4) is 0 Å². The summed E-state index contributed by atoms with van der Waals surface area (Å²) in [6, 6.07) is 9.98. The molecule has 1 aromatic carbocycles. The number of hydrogen-bond acceptors (Lipinski definition) is 7. The third-order valence-corrected chi connectivity index (χ3v) is 13.8. The number of thioether (sulfide) groups is 6. The minimum absolute atomic E-state index is 0.698. The molecule has 0 amide bonds. The summed E-state index contributed by atoms with van der Waals surface area (Å²) >= 11 is 12.0. The number of aromatic nitrogens is 1. The molecular weight excluding hydrogens is 521 g/mol. The van der Waals surface area contributed by atoms with Gasteiger partial charge < -0.3 is 4.57 Å². The molecule has 0 aliphatic carbocycles. The molecule has 2 aliphatic heterocycles. The van der Waals surface area contributed by atoms with Gasteiger partial charge in [-0.1, -0.05) is 86.6 Å². The van der Waals surface area contributed by atoms with Crippen LogP contribution in [0.25, 0.3) is 5.69 Å². The van der Waals surface area contributed by atoms with E-state index in [0.29, 0.717) is 5.56 Å². The number of nitriles is 1. The SMILES string of the molecule is CCCCCSC1=C(SCCCCC)SC(=C2Sc3cn(-c4ccc(C#N)cc4)cc3S2)S1. The first-order chi connectivity index (χ1) is 16.2. The number of nitrogens with zero attached hydrogens (tertiary/aromatic N) is 2. The summed E-state index contributed by atoms with van der Waals surface area (Å²) in [7, 11) is 0. The van der Waals surface area contributed by atoms with Crippen LogP contribution in [0.15, 0.2) is 63.4 Å². The Morgan fingerprint density at radius 2 is 1.27 bits per heavy atom. The monoisotopic (exact) mass is 548 g/mol. The highest BCUT2D eigenvalue weighted by atomic mass is 32.3. The molecule has 2 aliphatic rings. The fraction of sp³-hybridized carbons (Fsp3) is 0.400. The highest BCUT2D eigenvalue weighted by Crippen LogP contribution is 2.64. The topological polar surface area (TPSA) is 28.7 Å². The van der Waals surface area contributed by atoms with Gasteiger partial charge >= 0.3 is 0 Å². The first-order valence-corrected chi connectivity index (χ1v) is 16.6. The van der Waals surface area contributed by atoms with Gasteiger partial charge in [-0.15, -0.1) is 23.5 Å². The minimum Gasteiger partial charge on any atom is -0.322 e. The van der Waals surface area contributed by atoms with Crippen LogP contribution in [0, 0.1) is 11.3 Å². The lowest BCUT2D eigenvalue weighted by molar-refractivity contribution is 0.779. The van der Waals surface area contributed by atoms with E-state index in [-0.39, 0.29) is 0 Å². The quantitative estimate of drug-likeness (QED) is 0.258. The molecule has 8 heteroatoms. The van der Waals surface area contributed by atoms with Gasteiger partial charge in [0.15, 0.2) is 0 Å². The average molecular weight is 549 g/mol. The van der Waals surface area contributed by atoms with Crippen molar-refractivity contribution < 1.29 is 0 Å². The molecule has 0 spiro atoms. The molecule has 3 heterocycles. The van der Waals surface area contributed by atoms with Gasteiger partial charge in [0.2, 0.25) is 0 Å². The van der Waals surface area contributed by atoms with E-state index < -0.39 is 0 Å². The lowest BCUT2D eigenvalue weighted by Gasteiger charge is -2.05. The molecule has 0 unspecified atom stereocenters.